The van der Waals surface area contributed by atoms with Crippen LogP contribution in [0.3, 0.4) is 0 Å². The number of hydrogen-bond acceptors (Lipinski definition) is 3. The number of nitrogens with zero attached hydrogens (tertiary/aromatic N) is 3. The van der Waals surface area contributed by atoms with E-state index in [0.717, 1.165) is 16.8 Å². The minimum absolute atomic E-state index is 0.198. The Kier molecular flexibility index (Phi) is 2.61. The fourth-order valence-corrected chi connectivity index (χ4v) is 1.18. The lowest BCUT2D eigenvalue weighted by Crippen LogP contribution is -2.02. The van der Waals surface area contributed by atoms with Gasteiger partial charge in [-0.3, -0.25) is 0 Å². The highest BCUT2D eigenvalue weighted by molar-refractivity contribution is 5.33. The molecule has 1 heterocycles. The molecule has 0 bridgehead atoms. The van der Waals surface area contributed by atoms with E-state index >= 15 is 0 Å². The molecule has 1 aromatic carbocycles. The molecule has 0 fully saturated rings. The summed E-state index contributed by atoms with van der Waals surface area (Å²) in [6.07, 6.45) is 1.22. The maximum atomic E-state index is 13.3. The fourth-order valence-electron chi connectivity index (χ4n) is 1.18. The Morgan fingerprint density at radius 2 is 1.94 bits per heavy atom. The molecule has 0 aliphatic rings. The number of aliphatic hydroxyl groups is 1. The lowest BCUT2D eigenvalue weighted by molar-refractivity contribution is 0.276. The average molecular weight is 229 g/mol. The summed E-state index contributed by atoms with van der Waals surface area (Å²) in [4.78, 5) is 0. The standard InChI is InChI=1S/C9H6F3N3O/c10-6-1-2-7(9(12)8(6)11)15-3-5(4-16)13-14-15/h1-3,16H,4H2. The zero-order valence-corrected chi connectivity index (χ0v) is 7.86. The minimum atomic E-state index is -1.57. The number of hydrogen-bond donors (Lipinski definition) is 1. The second-order valence-electron chi connectivity index (χ2n) is 3.01. The smallest absolute Gasteiger partial charge is 0.196 e. The first-order valence-electron chi connectivity index (χ1n) is 4.29. The van der Waals surface area contributed by atoms with E-state index in [1.807, 2.05) is 0 Å². The van der Waals surface area contributed by atoms with Crippen molar-refractivity contribution < 1.29 is 18.3 Å². The molecule has 0 saturated carbocycles. The van der Waals surface area contributed by atoms with Crippen LogP contribution in [-0.4, -0.2) is 20.1 Å². The van der Waals surface area contributed by atoms with Gasteiger partial charge in [-0.2, -0.15) is 0 Å². The highest BCUT2D eigenvalue weighted by Gasteiger charge is 2.15. The largest absolute Gasteiger partial charge is 0.390 e. The van der Waals surface area contributed by atoms with Crippen molar-refractivity contribution in [3.05, 3.63) is 41.5 Å². The van der Waals surface area contributed by atoms with Crippen LogP contribution in [-0.2, 0) is 6.61 Å². The highest BCUT2D eigenvalue weighted by Crippen LogP contribution is 2.18. The Morgan fingerprint density at radius 1 is 1.19 bits per heavy atom. The van der Waals surface area contributed by atoms with E-state index in [0.29, 0.717) is 0 Å². The summed E-state index contributed by atoms with van der Waals surface area (Å²) in [6, 6.07) is 1.82. The molecule has 0 radical (unpaired) electrons. The first-order chi connectivity index (χ1) is 7.63. The van der Waals surface area contributed by atoms with Crippen molar-refractivity contribution in [1.29, 1.82) is 0 Å². The Balaban J connectivity index is 2.52. The summed E-state index contributed by atoms with van der Waals surface area (Å²) < 4.78 is 39.8. The van der Waals surface area contributed by atoms with Crippen molar-refractivity contribution in [3.63, 3.8) is 0 Å². The predicted molar refractivity (Wildman–Crippen MR) is 47.2 cm³/mol. The minimum Gasteiger partial charge on any atom is -0.390 e. The summed E-state index contributed by atoms with van der Waals surface area (Å²) >= 11 is 0. The summed E-state index contributed by atoms with van der Waals surface area (Å²) in [5, 5.41) is 15.7. The van der Waals surface area contributed by atoms with Gasteiger partial charge in [-0.25, -0.2) is 17.9 Å². The van der Waals surface area contributed by atoms with E-state index in [1.54, 1.807) is 0 Å². The summed E-state index contributed by atoms with van der Waals surface area (Å²) in [5.74, 6) is -4.20. The molecule has 2 aromatic rings. The molecular weight excluding hydrogens is 223 g/mol. The van der Waals surface area contributed by atoms with Crippen LogP contribution in [0.4, 0.5) is 13.2 Å². The van der Waals surface area contributed by atoms with Gasteiger partial charge < -0.3 is 5.11 Å². The van der Waals surface area contributed by atoms with Crippen molar-refractivity contribution in [2.24, 2.45) is 0 Å². The van der Waals surface area contributed by atoms with Gasteiger partial charge >= 0.3 is 0 Å². The molecule has 0 saturated heterocycles. The monoisotopic (exact) mass is 229 g/mol. The molecular formula is C9H6F3N3O. The van der Waals surface area contributed by atoms with Crippen LogP contribution in [0.25, 0.3) is 5.69 Å². The zero-order valence-electron chi connectivity index (χ0n) is 7.86. The SMILES string of the molecule is OCc1cn(-c2ccc(F)c(F)c2F)nn1. The molecule has 2 rings (SSSR count). The van der Waals surface area contributed by atoms with Crippen LogP contribution in [0.1, 0.15) is 5.69 Å². The van der Waals surface area contributed by atoms with Crippen molar-refractivity contribution in [3.8, 4) is 5.69 Å². The van der Waals surface area contributed by atoms with Crippen molar-refractivity contribution in [1.82, 2.24) is 15.0 Å². The Labute approximate surface area is 87.9 Å². The molecule has 4 nitrogen and oxygen atoms in total. The number of rotatable bonds is 2. The van der Waals surface area contributed by atoms with Crippen LogP contribution in [0.2, 0.25) is 0 Å². The molecule has 7 heteroatoms. The van der Waals surface area contributed by atoms with E-state index in [4.69, 9.17) is 5.11 Å². The first kappa shape index (κ1) is 10.6. The van der Waals surface area contributed by atoms with E-state index in [1.165, 1.54) is 6.20 Å². The van der Waals surface area contributed by atoms with E-state index in [9.17, 15) is 13.2 Å². The van der Waals surface area contributed by atoms with Gasteiger partial charge in [0.25, 0.3) is 0 Å². The molecule has 0 unspecified atom stereocenters. The van der Waals surface area contributed by atoms with Gasteiger partial charge in [-0.1, -0.05) is 5.21 Å². The first-order valence-corrected chi connectivity index (χ1v) is 4.29. The maximum Gasteiger partial charge on any atom is 0.196 e. The number of halogens is 3. The average Bonchev–Trinajstić information content (AvgIpc) is 2.74. The Bertz CT molecular complexity index is 527. The topological polar surface area (TPSA) is 50.9 Å². The van der Waals surface area contributed by atoms with Crippen molar-refractivity contribution in [2.75, 3.05) is 0 Å². The molecule has 1 N–H and O–H groups in total. The van der Waals surface area contributed by atoms with Gasteiger partial charge in [0.1, 0.15) is 11.4 Å². The van der Waals surface area contributed by atoms with Crippen LogP contribution in [0.5, 0.6) is 0 Å². The number of benzene rings is 1. The maximum absolute atomic E-state index is 13.3. The van der Waals surface area contributed by atoms with Crippen LogP contribution >= 0.6 is 0 Å². The van der Waals surface area contributed by atoms with Gasteiger partial charge in [0.05, 0.1) is 12.8 Å². The molecule has 0 atom stereocenters. The van der Waals surface area contributed by atoms with Gasteiger partial charge in [-0.05, 0) is 12.1 Å². The third kappa shape index (κ3) is 1.65. The second kappa shape index (κ2) is 3.93. The second-order valence-corrected chi connectivity index (χ2v) is 3.01. The molecule has 0 amide bonds. The van der Waals surface area contributed by atoms with E-state index in [2.05, 4.69) is 10.3 Å². The predicted octanol–water partition coefficient (Wildman–Crippen LogP) is 1.18. The molecule has 0 aliphatic carbocycles. The fraction of sp³-hybridized carbons (Fsp3) is 0.111. The van der Waals surface area contributed by atoms with Gasteiger partial charge in [0.15, 0.2) is 17.5 Å². The van der Waals surface area contributed by atoms with E-state index < -0.39 is 17.5 Å². The van der Waals surface area contributed by atoms with Crippen LogP contribution in [0.15, 0.2) is 18.3 Å². The van der Waals surface area contributed by atoms with Crippen molar-refractivity contribution in [2.45, 2.75) is 6.61 Å². The summed E-state index contributed by atoms with van der Waals surface area (Å²) in [7, 11) is 0. The number of aromatic nitrogens is 3. The normalized spacial score (nSPS) is 10.8. The van der Waals surface area contributed by atoms with Gasteiger partial charge in [0.2, 0.25) is 0 Å². The van der Waals surface area contributed by atoms with Gasteiger partial charge in [0, 0.05) is 0 Å². The van der Waals surface area contributed by atoms with Crippen LogP contribution < -0.4 is 0 Å². The van der Waals surface area contributed by atoms with Gasteiger partial charge in [-0.15, -0.1) is 5.10 Å². The van der Waals surface area contributed by atoms with Crippen LogP contribution in [0, 0.1) is 17.5 Å². The van der Waals surface area contributed by atoms with E-state index in [-0.39, 0.29) is 18.0 Å². The Morgan fingerprint density at radius 3 is 2.56 bits per heavy atom. The summed E-state index contributed by atoms with van der Waals surface area (Å²) in [6.45, 7) is -0.370. The Hall–Kier alpha value is -1.89. The molecule has 84 valence electrons. The highest BCUT2D eigenvalue weighted by atomic mass is 19.2. The summed E-state index contributed by atoms with van der Waals surface area (Å²) in [5.41, 5.74) is -0.0739. The quantitative estimate of drug-likeness (QED) is 0.786. The zero-order chi connectivity index (χ0) is 11.7. The number of aliphatic hydroxyl groups excluding tert-OH is 1. The lowest BCUT2D eigenvalue weighted by Gasteiger charge is -2.02. The third-order valence-corrected chi connectivity index (χ3v) is 1.96. The third-order valence-electron chi connectivity index (χ3n) is 1.96. The molecule has 0 spiro atoms. The molecule has 0 aliphatic heterocycles. The molecule has 1 aromatic heterocycles. The van der Waals surface area contributed by atoms with Crippen molar-refractivity contribution >= 4 is 0 Å². The molecule has 16 heavy (non-hydrogen) atoms. The lowest BCUT2D eigenvalue weighted by atomic mass is 10.3.